The predicted octanol–water partition coefficient (Wildman–Crippen LogP) is 12.6. The molecule has 3 aromatic rings. The molecular weight excluding hydrogens is 746 g/mol. The zero-order valence-corrected chi connectivity index (χ0v) is 30.6. The number of fused-ring (bicyclic) bond motifs is 3. The van der Waals surface area contributed by atoms with Crippen molar-refractivity contribution >= 4 is 67.0 Å². The second-order valence-electron chi connectivity index (χ2n) is 11.8. The lowest BCUT2D eigenvalue weighted by molar-refractivity contribution is 0.263. The Morgan fingerprint density at radius 2 is 0.762 bits per heavy atom. The van der Waals surface area contributed by atoms with Gasteiger partial charge in [0, 0.05) is 10.8 Å². The molecule has 0 aliphatic carbocycles. The van der Waals surface area contributed by atoms with E-state index in [1.165, 1.54) is 116 Å². The van der Waals surface area contributed by atoms with E-state index in [0.717, 1.165) is 53.5 Å². The van der Waals surface area contributed by atoms with Gasteiger partial charge in [0.25, 0.3) is 0 Å². The summed E-state index contributed by atoms with van der Waals surface area (Å²) in [6.45, 7) is 5.97. The third-order valence-corrected chi connectivity index (χ3v) is 9.33. The molecule has 0 saturated carbocycles. The quantitative estimate of drug-likeness (QED) is 0.0392. The number of pyridine rings is 2. The summed E-state index contributed by atoms with van der Waals surface area (Å²) in [5.74, 6) is 1.68. The number of unbranched alkanes of at least 4 members (excludes halogenated alkanes) is 18. The second-order valence-corrected chi connectivity index (χ2v) is 14.0. The maximum Gasteiger partial charge on any atom is 0.171 e. The van der Waals surface area contributed by atoms with Gasteiger partial charge in [0.05, 0.1) is 13.2 Å². The third-order valence-electron chi connectivity index (χ3n) is 8.13. The molecule has 0 atom stereocenters. The number of aromatic nitrogens is 2. The van der Waals surface area contributed by atoms with E-state index in [4.69, 9.17) is 19.4 Å². The predicted molar refractivity (Wildman–Crippen MR) is 197 cm³/mol. The van der Waals surface area contributed by atoms with Crippen LogP contribution in [0.3, 0.4) is 0 Å². The fraction of sp³-hybridized carbons (Fsp3) is 0.667. The van der Waals surface area contributed by atoms with Crippen LogP contribution in [0.15, 0.2) is 24.3 Å². The van der Waals surface area contributed by atoms with Gasteiger partial charge >= 0.3 is 0 Å². The molecule has 0 aliphatic rings. The topological polar surface area (TPSA) is 44.2 Å². The van der Waals surface area contributed by atoms with Gasteiger partial charge in [0.15, 0.2) is 11.5 Å². The van der Waals surface area contributed by atoms with E-state index in [1.54, 1.807) is 0 Å². The molecule has 2 aromatic heterocycles. The van der Waals surface area contributed by atoms with Crippen LogP contribution < -0.4 is 9.47 Å². The summed E-state index contributed by atoms with van der Waals surface area (Å²) in [6.07, 6.45) is 26.3. The summed E-state index contributed by atoms with van der Waals surface area (Å²) in [5, 5.41) is 2.00. The van der Waals surface area contributed by atoms with Crippen LogP contribution in [0, 0.1) is 7.40 Å². The number of hydrogen-bond acceptors (Lipinski definition) is 4. The van der Waals surface area contributed by atoms with Crippen molar-refractivity contribution in [1.82, 2.24) is 9.97 Å². The van der Waals surface area contributed by atoms with Crippen LogP contribution >= 0.6 is 45.2 Å². The van der Waals surface area contributed by atoms with E-state index < -0.39 is 0 Å². The highest BCUT2D eigenvalue weighted by Crippen LogP contribution is 2.43. The van der Waals surface area contributed by atoms with Gasteiger partial charge < -0.3 is 9.47 Å². The summed E-state index contributed by atoms with van der Waals surface area (Å²) >= 11 is 4.57. The van der Waals surface area contributed by atoms with Gasteiger partial charge in [-0.25, -0.2) is 9.97 Å². The lowest BCUT2D eigenvalue weighted by atomic mass is 10.1. The molecule has 0 spiro atoms. The van der Waals surface area contributed by atoms with E-state index in [0.29, 0.717) is 13.2 Å². The Bertz CT molecular complexity index is 1080. The fourth-order valence-electron chi connectivity index (χ4n) is 5.66. The highest BCUT2D eigenvalue weighted by atomic mass is 127. The standard InChI is InChI=1S/C36H54I2N2O2/c1-3-5-7-9-11-13-15-17-19-21-27-41-35-29-23-25-31(37)39-33(29)34-30(24-26-32(38)40-34)36(35)42-28-22-20-18-16-14-12-10-8-6-4-2/h23-26H,3-22,27-28H2,1-2H3. The van der Waals surface area contributed by atoms with Crippen LogP contribution in [0.4, 0.5) is 0 Å². The van der Waals surface area contributed by atoms with Crippen LogP contribution in [0.1, 0.15) is 142 Å². The number of benzene rings is 1. The third kappa shape index (κ3) is 12.6. The molecule has 3 rings (SSSR count). The Balaban J connectivity index is 1.58. The van der Waals surface area contributed by atoms with Crippen molar-refractivity contribution in [3.63, 3.8) is 0 Å². The van der Waals surface area contributed by atoms with E-state index in [2.05, 4.69) is 83.3 Å². The van der Waals surface area contributed by atoms with Crippen molar-refractivity contribution in [3.8, 4) is 11.5 Å². The Morgan fingerprint density at radius 3 is 1.10 bits per heavy atom. The molecule has 0 aliphatic heterocycles. The highest BCUT2D eigenvalue weighted by molar-refractivity contribution is 14.1. The van der Waals surface area contributed by atoms with Crippen molar-refractivity contribution in [2.75, 3.05) is 13.2 Å². The fourth-order valence-corrected chi connectivity index (χ4v) is 6.50. The van der Waals surface area contributed by atoms with E-state index in [-0.39, 0.29) is 0 Å². The maximum absolute atomic E-state index is 6.55. The van der Waals surface area contributed by atoms with Crippen LogP contribution in [-0.2, 0) is 0 Å². The molecule has 6 heteroatoms. The van der Waals surface area contributed by atoms with Gasteiger partial charge in [0.1, 0.15) is 18.4 Å². The van der Waals surface area contributed by atoms with Crippen molar-refractivity contribution in [1.29, 1.82) is 0 Å². The Morgan fingerprint density at radius 1 is 0.452 bits per heavy atom. The molecule has 0 saturated heterocycles. The molecular formula is C36H54I2N2O2. The van der Waals surface area contributed by atoms with E-state index >= 15 is 0 Å². The number of hydrogen-bond donors (Lipinski definition) is 0. The smallest absolute Gasteiger partial charge is 0.171 e. The molecule has 0 bridgehead atoms. The molecule has 4 nitrogen and oxygen atoms in total. The maximum atomic E-state index is 6.55. The van der Waals surface area contributed by atoms with E-state index in [9.17, 15) is 0 Å². The highest BCUT2D eigenvalue weighted by Gasteiger charge is 2.20. The molecule has 0 radical (unpaired) electrons. The molecule has 0 unspecified atom stereocenters. The summed E-state index contributed by atoms with van der Waals surface area (Å²) in [6, 6.07) is 8.38. The van der Waals surface area contributed by atoms with Gasteiger partial charge in [0.2, 0.25) is 0 Å². The number of ether oxygens (including phenoxy) is 2. The number of nitrogens with zero attached hydrogens (tertiary/aromatic N) is 2. The summed E-state index contributed by atoms with van der Waals surface area (Å²) in [5.41, 5.74) is 1.81. The average Bonchev–Trinajstić information content (AvgIpc) is 2.99. The van der Waals surface area contributed by atoms with Crippen molar-refractivity contribution in [2.45, 2.75) is 142 Å². The molecule has 0 amide bonds. The summed E-state index contributed by atoms with van der Waals surface area (Å²) in [7, 11) is 0. The lowest BCUT2D eigenvalue weighted by Crippen LogP contribution is -2.05. The monoisotopic (exact) mass is 800 g/mol. The Hall–Kier alpha value is -0.900. The Kier molecular flexibility index (Phi) is 18.4. The Labute approximate surface area is 283 Å². The van der Waals surface area contributed by atoms with Crippen molar-refractivity contribution < 1.29 is 9.47 Å². The zero-order valence-electron chi connectivity index (χ0n) is 26.3. The molecule has 0 fully saturated rings. The first-order chi connectivity index (χ1) is 20.7. The van der Waals surface area contributed by atoms with Crippen molar-refractivity contribution in [2.24, 2.45) is 0 Å². The van der Waals surface area contributed by atoms with Crippen LogP contribution in [0.2, 0.25) is 0 Å². The van der Waals surface area contributed by atoms with Crippen LogP contribution in [0.5, 0.6) is 11.5 Å². The first-order valence-electron chi connectivity index (χ1n) is 17.0. The zero-order chi connectivity index (χ0) is 29.8. The van der Waals surface area contributed by atoms with Crippen molar-refractivity contribution in [3.05, 3.63) is 31.7 Å². The summed E-state index contributed by atoms with van der Waals surface area (Å²) < 4.78 is 15.0. The SMILES string of the molecule is CCCCCCCCCCCCOc1c(OCCCCCCCCCCCC)c2ccc(I)nc2c2nc(I)ccc12. The largest absolute Gasteiger partial charge is 0.489 e. The van der Waals surface area contributed by atoms with Gasteiger partial charge in [-0.3, -0.25) is 0 Å². The summed E-state index contributed by atoms with van der Waals surface area (Å²) in [4.78, 5) is 9.80. The normalized spacial score (nSPS) is 11.5. The minimum absolute atomic E-state index is 0.704. The minimum atomic E-state index is 0.704. The van der Waals surface area contributed by atoms with Crippen LogP contribution in [-0.4, -0.2) is 23.2 Å². The van der Waals surface area contributed by atoms with Gasteiger partial charge in [-0.15, -0.1) is 0 Å². The van der Waals surface area contributed by atoms with Gasteiger partial charge in [-0.05, 0) is 82.3 Å². The molecule has 0 N–H and O–H groups in total. The molecule has 42 heavy (non-hydrogen) atoms. The first-order valence-corrected chi connectivity index (χ1v) is 19.2. The van der Waals surface area contributed by atoms with Gasteiger partial charge in [-0.1, -0.05) is 129 Å². The molecule has 1 aromatic carbocycles. The van der Waals surface area contributed by atoms with E-state index in [1.807, 2.05) is 0 Å². The van der Waals surface area contributed by atoms with Crippen LogP contribution in [0.25, 0.3) is 21.8 Å². The first kappa shape index (κ1) is 35.6. The second kappa shape index (κ2) is 21.7. The van der Waals surface area contributed by atoms with Gasteiger partial charge in [-0.2, -0.15) is 0 Å². The number of rotatable bonds is 24. The molecule has 2 heterocycles. The average molecular weight is 801 g/mol. The molecule has 234 valence electrons. The minimum Gasteiger partial charge on any atom is -0.489 e. The lowest BCUT2D eigenvalue weighted by Gasteiger charge is -2.18. The number of halogens is 2.